The maximum Gasteiger partial charge on any atom is 0.332 e. The fourth-order valence-corrected chi connectivity index (χ4v) is 2.14. The summed E-state index contributed by atoms with van der Waals surface area (Å²) in [7, 11) is 0. The topological polar surface area (TPSA) is 101 Å². The van der Waals surface area contributed by atoms with E-state index in [-0.39, 0.29) is 34.5 Å². The number of aromatic nitrogens is 2. The Bertz CT molecular complexity index is 484. The molecular formula is C12H19ClN4O3. The van der Waals surface area contributed by atoms with E-state index in [0.717, 1.165) is 12.8 Å². The predicted molar refractivity (Wildman–Crippen MR) is 77.0 cm³/mol. The van der Waals surface area contributed by atoms with Crippen molar-refractivity contribution in [3.8, 4) is 0 Å². The van der Waals surface area contributed by atoms with Crippen LogP contribution in [0.2, 0.25) is 5.28 Å². The predicted octanol–water partition coefficient (Wildman–Crippen LogP) is 2.56. The largest absolute Gasteiger partial charge is 0.396 e. The minimum absolute atomic E-state index is 0.00139. The van der Waals surface area contributed by atoms with E-state index >= 15 is 0 Å². The number of hydrogen-bond acceptors (Lipinski definition) is 6. The second-order valence-electron chi connectivity index (χ2n) is 4.75. The third kappa shape index (κ3) is 3.55. The van der Waals surface area contributed by atoms with Crippen LogP contribution in [0.3, 0.4) is 0 Å². The smallest absolute Gasteiger partial charge is 0.332 e. The van der Waals surface area contributed by atoms with Crippen molar-refractivity contribution in [2.24, 2.45) is 5.41 Å². The first-order valence-electron chi connectivity index (χ1n) is 6.42. The van der Waals surface area contributed by atoms with E-state index in [2.05, 4.69) is 15.3 Å². The summed E-state index contributed by atoms with van der Waals surface area (Å²) in [4.78, 5) is 18.2. The van der Waals surface area contributed by atoms with Crippen molar-refractivity contribution >= 4 is 23.1 Å². The lowest BCUT2D eigenvalue weighted by Gasteiger charge is -2.29. The second kappa shape index (κ2) is 6.81. The number of hydrogen-bond donors (Lipinski definition) is 2. The van der Waals surface area contributed by atoms with Gasteiger partial charge in [-0.3, -0.25) is 10.1 Å². The zero-order valence-corrected chi connectivity index (χ0v) is 12.6. The summed E-state index contributed by atoms with van der Waals surface area (Å²) < 4.78 is 0. The highest BCUT2D eigenvalue weighted by Crippen LogP contribution is 2.30. The third-order valence-corrected chi connectivity index (χ3v) is 3.85. The molecule has 0 aromatic carbocycles. The zero-order valence-electron chi connectivity index (χ0n) is 11.8. The highest BCUT2D eigenvalue weighted by atomic mass is 35.5. The molecule has 0 aliphatic carbocycles. The van der Waals surface area contributed by atoms with Gasteiger partial charge in [-0.1, -0.05) is 13.8 Å². The molecule has 0 unspecified atom stereocenters. The summed E-state index contributed by atoms with van der Waals surface area (Å²) in [6.45, 7) is 5.82. The molecule has 7 nitrogen and oxygen atoms in total. The van der Waals surface area contributed by atoms with Gasteiger partial charge in [0.05, 0.1) is 11.5 Å². The monoisotopic (exact) mass is 302 g/mol. The average Bonchev–Trinajstić information content (AvgIpc) is 2.39. The van der Waals surface area contributed by atoms with E-state index in [9.17, 15) is 15.2 Å². The summed E-state index contributed by atoms with van der Waals surface area (Å²) in [6, 6.07) is 0. The molecule has 0 saturated carbocycles. The number of nitrogens with one attached hydrogen (secondary N) is 1. The number of aliphatic hydroxyl groups is 1. The molecule has 112 valence electrons. The van der Waals surface area contributed by atoms with Crippen molar-refractivity contribution in [1.29, 1.82) is 0 Å². The maximum absolute atomic E-state index is 11.1. The number of nitro groups is 1. The highest BCUT2D eigenvalue weighted by molar-refractivity contribution is 6.28. The van der Waals surface area contributed by atoms with Crippen LogP contribution in [0.15, 0.2) is 0 Å². The highest BCUT2D eigenvalue weighted by Gasteiger charge is 2.28. The first-order valence-corrected chi connectivity index (χ1v) is 6.80. The van der Waals surface area contributed by atoms with Crippen molar-refractivity contribution in [2.45, 2.75) is 33.6 Å². The molecule has 0 amide bonds. The van der Waals surface area contributed by atoms with Crippen molar-refractivity contribution in [1.82, 2.24) is 9.97 Å². The van der Waals surface area contributed by atoms with Crippen LogP contribution < -0.4 is 5.32 Å². The van der Waals surface area contributed by atoms with Gasteiger partial charge in [-0.05, 0) is 31.4 Å². The summed E-state index contributed by atoms with van der Waals surface area (Å²) in [5.74, 6) is 0.0900. The van der Waals surface area contributed by atoms with Gasteiger partial charge in [-0.15, -0.1) is 0 Å². The Kier molecular flexibility index (Phi) is 5.64. The van der Waals surface area contributed by atoms with E-state index in [1.54, 1.807) is 0 Å². The van der Waals surface area contributed by atoms with Gasteiger partial charge in [-0.2, -0.15) is 4.98 Å². The van der Waals surface area contributed by atoms with Crippen molar-refractivity contribution in [3.63, 3.8) is 0 Å². The molecule has 1 heterocycles. The Morgan fingerprint density at radius 1 is 1.40 bits per heavy atom. The number of anilines is 1. The van der Waals surface area contributed by atoms with Crippen LogP contribution in [0.1, 0.15) is 32.4 Å². The molecule has 1 aromatic heterocycles. The minimum atomic E-state index is -0.535. The number of aryl methyl sites for hydroxylation is 1. The fourth-order valence-electron chi connectivity index (χ4n) is 1.93. The maximum atomic E-state index is 11.1. The SMILES string of the molecule is CCC(CC)(CO)CNc1nc(Cl)nc(C)c1[N+](=O)[O-]. The van der Waals surface area contributed by atoms with Crippen molar-refractivity contribution in [2.75, 3.05) is 18.5 Å². The lowest BCUT2D eigenvalue weighted by atomic mass is 9.83. The number of rotatable bonds is 7. The Balaban J connectivity index is 3.06. The average molecular weight is 303 g/mol. The van der Waals surface area contributed by atoms with Gasteiger partial charge in [0, 0.05) is 12.0 Å². The van der Waals surface area contributed by atoms with Crippen LogP contribution >= 0.6 is 11.6 Å². The lowest BCUT2D eigenvalue weighted by Crippen LogP contribution is -2.32. The quantitative estimate of drug-likeness (QED) is 0.456. The molecule has 0 atom stereocenters. The van der Waals surface area contributed by atoms with Gasteiger partial charge in [0.25, 0.3) is 0 Å². The molecule has 0 bridgehead atoms. The van der Waals surface area contributed by atoms with Crippen LogP contribution in [0.5, 0.6) is 0 Å². The lowest BCUT2D eigenvalue weighted by molar-refractivity contribution is -0.385. The van der Waals surface area contributed by atoms with E-state index in [1.807, 2.05) is 13.8 Å². The van der Waals surface area contributed by atoms with Crippen molar-refractivity contribution < 1.29 is 10.0 Å². The molecule has 0 saturated heterocycles. The van der Waals surface area contributed by atoms with Crippen LogP contribution in [0.4, 0.5) is 11.5 Å². The summed E-state index contributed by atoms with van der Waals surface area (Å²) in [5.41, 5.74) is -0.312. The van der Waals surface area contributed by atoms with E-state index in [4.69, 9.17) is 11.6 Å². The molecule has 0 radical (unpaired) electrons. The van der Waals surface area contributed by atoms with Gasteiger partial charge >= 0.3 is 5.69 Å². The number of aliphatic hydroxyl groups excluding tert-OH is 1. The zero-order chi connectivity index (χ0) is 15.3. The molecule has 0 aliphatic heterocycles. The van der Waals surface area contributed by atoms with E-state index < -0.39 is 4.92 Å². The number of halogens is 1. The molecule has 0 fully saturated rings. The molecule has 1 aromatic rings. The summed E-state index contributed by atoms with van der Waals surface area (Å²) >= 11 is 5.74. The number of nitrogens with zero attached hydrogens (tertiary/aromatic N) is 3. The van der Waals surface area contributed by atoms with Gasteiger partial charge in [0.15, 0.2) is 0 Å². The molecule has 8 heteroatoms. The molecule has 1 rings (SSSR count). The van der Waals surface area contributed by atoms with Crippen LogP contribution in [0, 0.1) is 22.5 Å². The fraction of sp³-hybridized carbons (Fsp3) is 0.667. The molecule has 0 spiro atoms. The molecular weight excluding hydrogens is 284 g/mol. The third-order valence-electron chi connectivity index (χ3n) is 3.68. The van der Waals surface area contributed by atoms with E-state index in [0.29, 0.717) is 6.54 Å². The summed E-state index contributed by atoms with van der Waals surface area (Å²) in [5, 5.41) is 23.5. The van der Waals surface area contributed by atoms with Gasteiger partial charge < -0.3 is 10.4 Å². The molecule has 0 aliphatic rings. The Morgan fingerprint density at radius 2 is 2.00 bits per heavy atom. The molecule has 2 N–H and O–H groups in total. The normalized spacial score (nSPS) is 11.4. The molecule has 20 heavy (non-hydrogen) atoms. The first-order chi connectivity index (χ1) is 9.39. The van der Waals surface area contributed by atoms with Crippen LogP contribution in [-0.2, 0) is 0 Å². The Labute approximate surface area is 122 Å². The van der Waals surface area contributed by atoms with Gasteiger partial charge in [0.2, 0.25) is 11.1 Å². The first kappa shape index (κ1) is 16.6. The summed E-state index contributed by atoms with van der Waals surface area (Å²) in [6.07, 6.45) is 1.50. The van der Waals surface area contributed by atoms with Crippen LogP contribution in [0.25, 0.3) is 0 Å². The van der Waals surface area contributed by atoms with Crippen molar-refractivity contribution in [3.05, 3.63) is 21.1 Å². The van der Waals surface area contributed by atoms with Crippen LogP contribution in [-0.4, -0.2) is 33.1 Å². The Morgan fingerprint density at radius 3 is 2.45 bits per heavy atom. The Hall–Kier alpha value is -1.47. The van der Waals surface area contributed by atoms with Gasteiger partial charge in [-0.25, -0.2) is 4.98 Å². The van der Waals surface area contributed by atoms with E-state index in [1.165, 1.54) is 6.92 Å². The van der Waals surface area contributed by atoms with Gasteiger partial charge in [0.1, 0.15) is 5.69 Å². The standard InChI is InChI=1S/C12H19ClN4O3/c1-4-12(5-2,7-18)6-14-10-9(17(19)20)8(3)15-11(13)16-10/h18H,4-7H2,1-3H3,(H,14,15,16). The minimum Gasteiger partial charge on any atom is -0.396 e. The second-order valence-corrected chi connectivity index (χ2v) is 5.09.